The van der Waals surface area contributed by atoms with E-state index in [1.807, 2.05) is 0 Å². The molecule has 5 rings (SSSR count). The van der Waals surface area contributed by atoms with E-state index in [0.717, 1.165) is 19.3 Å². The first-order valence-corrected chi connectivity index (χ1v) is 11.5. The molecule has 2 aliphatic carbocycles. The first-order valence-electron chi connectivity index (χ1n) is 11.5. The van der Waals surface area contributed by atoms with Crippen molar-refractivity contribution in [2.24, 2.45) is 0 Å². The Bertz CT molecular complexity index is 1140. The number of hydrogen-bond acceptors (Lipinski definition) is 0. The second-order valence-electron chi connectivity index (χ2n) is 8.69. The summed E-state index contributed by atoms with van der Waals surface area (Å²) >= 11 is 0. The fourth-order valence-electron chi connectivity index (χ4n) is 4.93. The quantitative estimate of drug-likeness (QED) is 0.309. The van der Waals surface area contributed by atoms with E-state index in [1.165, 1.54) is 75.8 Å². The van der Waals surface area contributed by atoms with Gasteiger partial charge in [0.25, 0.3) is 0 Å². The maximum atomic E-state index is 2.48. The van der Waals surface area contributed by atoms with Crippen molar-refractivity contribution >= 4 is 11.6 Å². The summed E-state index contributed by atoms with van der Waals surface area (Å²) in [4.78, 5) is 0. The van der Waals surface area contributed by atoms with Gasteiger partial charge in [-0.3, -0.25) is 0 Å². The van der Waals surface area contributed by atoms with Crippen LogP contribution in [0.4, 0.5) is 0 Å². The number of unbranched alkanes of at least 4 members (excludes halogenated alkanes) is 4. The number of benzene rings is 3. The van der Waals surface area contributed by atoms with Crippen LogP contribution in [0.25, 0.3) is 22.8 Å². The molecule has 0 bridgehead atoms. The molecule has 0 spiro atoms. The van der Waals surface area contributed by atoms with Crippen LogP contribution in [0.3, 0.4) is 0 Å². The molecule has 2 aliphatic rings. The van der Waals surface area contributed by atoms with Crippen LogP contribution in [-0.4, -0.2) is 0 Å². The Morgan fingerprint density at radius 2 is 1.52 bits per heavy atom. The van der Waals surface area contributed by atoms with Gasteiger partial charge < -0.3 is 24.8 Å². The standard InChI is InChI=1S/C30H30.2ClH.Zr/c1-2-3-4-5-6-13-28(25-16-15-22-11-9-12-23(22)19-25)27-18-17-26-20-24-10-7-8-14-29(24)30(26)21-27;;;/h7-10,12-19,21H,2-6,11,20H2,1H3;2*1H;/q;;;+2/p-2. The van der Waals surface area contributed by atoms with Gasteiger partial charge in [-0.1, -0.05) is 92.9 Å². The summed E-state index contributed by atoms with van der Waals surface area (Å²) in [5.74, 6) is 0. The van der Waals surface area contributed by atoms with Crippen LogP contribution in [0, 0.1) is 0 Å². The van der Waals surface area contributed by atoms with Gasteiger partial charge in [0.15, 0.2) is 0 Å². The van der Waals surface area contributed by atoms with Gasteiger partial charge in [-0.15, -0.1) is 0 Å². The molecule has 0 fully saturated rings. The van der Waals surface area contributed by atoms with Crippen molar-refractivity contribution in [3.63, 3.8) is 0 Å². The van der Waals surface area contributed by atoms with E-state index >= 15 is 0 Å². The Kier molecular flexibility index (Phi) is 10.9. The maximum Gasteiger partial charge on any atom is 2.00 e. The van der Waals surface area contributed by atoms with Crippen LogP contribution in [0.1, 0.15) is 72.4 Å². The number of hydrogen-bond donors (Lipinski definition) is 0. The van der Waals surface area contributed by atoms with Crippen molar-refractivity contribution in [2.75, 3.05) is 0 Å². The second-order valence-corrected chi connectivity index (χ2v) is 8.69. The average Bonchev–Trinajstić information content (AvgIpc) is 3.39. The van der Waals surface area contributed by atoms with Crippen molar-refractivity contribution < 1.29 is 51.0 Å². The molecule has 0 unspecified atom stereocenters. The fourth-order valence-corrected chi connectivity index (χ4v) is 4.93. The first kappa shape index (κ1) is 27.8. The van der Waals surface area contributed by atoms with E-state index in [0.29, 0.717) is 0 Å². The third kappa shape index (κ3) is 6.00. The summed E-state index contributed by atoms with van der Waals surface area (Å²) in [7, 11) is 0. The summed E-state index contributed by atoms with van der Waals surface area (Å²) in [5.41, 5.74) is 12.7. The van der Waals surface area contributed by atoms with E-state index < -0.39 is 0 Å². The van der Waals surface area contributed by atoms with Gasteiger partial charge >= 0.3 is 26.2 Å². The van der Waals surface area contributed by atoms with E-state index in [4.69, 9.17) is 0 Å². The molecule has 3 aromatic carbocycles. The van der Waals surface area contributed by atoms with Crippen LogP contribution >= 0.6 is 0 Å². The summed E-state index contributed by atoms with van der Waals surface area (Å²) in [5, 5.41) is 0. The van der Waals surface area contributed by atoms with E-state index in [2.05, 4.69) is 85.8 Å². The van der Waals surface area contributed by atoms with E-state index in [9.17, 15) is 0 Å². The van der Waals surface area contributed by atoms with Crippen LogP contribution in [0.15, 0.2) is 72.8 Å². The molecule has 0 aromatic heterocycles. The van der Waals surface area contributed by atoms with Crippen molar-refractivity contribution in [3.8, 4) is 11.1 Å². The summed E-state index contributed by atoms with van der Waals surface area (Å²) in [6.45, 7) is 2.28. The Balaban J connectivity index is 0.00000128. The summed E-state index contributed by atoms with van der Waals surface area (Å²) < 4.78 is 0. The van der Waals surface area contributed by atoms with Gasteiger partial charge in [0.05, 0.1) is 0 Å². The SMILES string of the molecule is CCCCCCC=C(c1ccc2c(c1)C=CC2)c1ccc2c(c1)-c1ccccc1C2.[Cl-].[Cl-].[Zr+2]. The zero-order chi connectivity index (χ0) is 20.3. The molecule has 0 saturated heterocycles. The van der Waals surface area contributed by atoms with E-state index in [1.54, 1.807) is 0 Å². The molecule has 168 valence electrons. The fraction of sp³-hybridized carbons (Fsp3) is 0.267. The van der Waals surface area contributed by atoms with Gasteiger partial charge in [-0.05, 0) is 87.9 Å². The summed E-state index contributed by atoms with van der Waals surface area (Å²) in [6, 6.07) is 23.0. The Hall–Kier alpha value is -1.40. The van der Waals surface area contributed by atoms with E-state index in [-0.39, 0.29) is 51.0 Å². The molecule has 33 heavy (non-hydrogen) atoms. The molecule has 0 heterocycles. The third-order valence-electron chi connectivity index (χ3n) is 6.61. The minimum atomic E-state index is 0. The molecule has 3 aromatic rings. The minimum absolute atomic E-state index is 0. The molecule has 3 heteroatoms. The van der Waals surface area contributed by atoms with Gasteiger partial charge in [0.2, 0.25) is 0 Å². The smallest absolute Gasteiger partial charge is 1.00 e. The Morgan fingerprint density at radius 3 is 2.33 bits per heavy atom. The molecular formula is C30H30Cl2Zr. The molecule has 0 atom stereocenters. The monoisotopic (exact) mass is 550 g/mol. The van der Waals surface area contributed by atoms with Gasteiger partial charge in [0, 0.05) is 0 Å². The number of rotatable bonds is 7. The molecule has 0 N–H and O–H groups in total. The van der Waals surface area contributed by atoms with Gasteiger partial charge in [0.1, 0.15) is 0 Å². The molecule has 0 amide bonds. The van der Waals surface area contributed by atoms with Crippen LogP contribution in [0.5, 0.6) is 0 Å². The largest absolute Gasteiger partial charge is 2.00 e. The van der Waals surface area contributed by atoms with Crippen molar-refractivity contribution in [2.45, 2.75) is 51.9 Å². The molecule has 0 nitrogen and oxygen atoms in total. The minimum Gasteiger partial charge on any atom is -1.00 e. The molecular weight excluding hydrogens is 522 g/mol. The van der Waals surface area contributed by atoms with Crippen molar-refractivity contribution in [3.05, 3.63) is 106 Å². The predicted molar refractivity (Wildman–Crippen MR) is 130 cm³/mol. The Morgan fingerprint density at radius 1 is 0.788 bits per heavy atom. The maximum absolute atomic E-state index is 2.48. The van der Waals surface area contributed by atoms with Crippen molar-refractivity contribution in [1.29, 1.82) is 0 Å². The first-order chi connectivity index (χ1) is 14.8. The zero-order valence-corrected chi connectivity index (χ0v) is 23.2. The van der Waals surface area contributed by atoms with Crippen LogP contribution in [0.2, 0.25) is 0 Å². The molecule has 0 radical (unpaired) electrons. The summed E-state index contributed by atoms with van der Waals surface area (Å²) in [6.07, 6.45) is 15.5. The number of fused-ring (bicyclic) bond motifs is 4. The molecule has 0 aliphatic heterocycles. The molecule has 0 saturated carbocycles. The number of allylic oxidation sites excluding steroid dienone is 2. The predicted octanol–water partition coefficient (Wildman–Crippen LogP) is 2.23. The third-order valence-corrected chi connectivity index (χ3v) is 6.61. The average molecular weight is 553 g/mol. The Labute approximate surface area is 230 Å². The van der Waals surface area contributed by atoms with Gasteiger partial charge in [-0.25, -0.2) is 0 Å². The normalized spacial score (nSPS) is 12.7. The number of halogens is 2. The second kappa shape index (κ2) is 12.9. The van der Waals surface area contributed by atoms with Gasteiger partial charge in [-0.2, -0.15) is 0 Å². The zero-order valence-electron chi connectivity index (χ0n) is 19.2. The van der Waals surface area contributed by atoms with Crippen LogP contribution in [-0.2, 0) is 39.0 Å². The van der Waals surface area contributed by atoms with Crippen LogP contribution < -0.4 is 24.8 Å². The van der Waals surface area contributed by atoms with Crippen molar-refractivity contribution in [1.82, 2.24) is 0 Å². The topological polar surface area (TPSA) is 0 Å².